The van der Waals surface area contributed by atoms with Crippen LogP contribution < -0.4 is 5.32 Å². The molecule has 1 aliphatic rings. The molecular formula is C12H12ClFINO. The molecule has 92 valence electrons. The zero-order valence-corrected chi connectivity index (χ0v) is 12.0. The Bertz CT molecular complexity index is 441. The van der Waals surface area contributed by atoms with Crippen molar-refractivity contribution < 1.29 is 9.18 Å². The summed E-state index contributed by atoms with van der Waals surface area (Å²) in [7, 11) is 0. The summed E-state index contributed by atoms with van der Waals surface area (Å²) >= 11 is 8.06. The number of benzene rings is 1. The van der Waals surface area contributed by atoms with Gasteiger partial charge in [-0.25, -0.2) is 4.39 Å². The van der Waals surface area contributed by atoms with Crippen LogP contribution in [-0.4, -0.2) is 17.3 Å². The second-order valence-corrected chi connectivity index (χ2v) is 5.87. The Balaban J connectivity index is 2.09. The lowest BCUT2D eigenvalue weighted by Gasteiger charge is -2.16. The summed E-state index contributed by atoms with van der Waals surface area (Å²) in [4.78, 5) is 12.0. The Kier molecular flexibility index (Phi) is 4.25. The van der Waals surface area contributed by atoms with Crippen molar-refractivity contribution in [3.8, 4) is 0 Å². The van der Waals surface area contributed by atoms with Gasteiger partial charge in [-0.2, -0.15) is 0 Å². The monoisotopic (exact) mass is 367 g/mol. The third-order valence-corrected chi connectivity index (χ3v) is 4.34. The maximum Gasteiger partial charge on any atom is 0.252 e. The van der Waals surface area contributed by atoms with Gasteiger partial charge in [-0.15, -0.1) is 11.6 Å². The first kappa shape index (κ1) is 13.1. The molecule has 0 bridgehead atoms. The van der Waals surface area contributed by atoms with Crippen molar-refractivity contribution in [2.45, 2.75) is 30.7 Å². The summed E-state index contributed by atoms with van der Waals surface area (Å²) in [5.74, 6) is -0.506. The van der Waals surface area contributed by atoms with Crippen molar-refractivity contribution in [3.63, 3.8) is 0 Å². The number of rotatable bonds is 2. The molecule has 1 amide bonds. The van der Waals surface area contributed by atoms with Crippen molar-refractivity contribution in [2.75, 3.05) is 0 Å². The molecule has 0 heterocycles. The molecule has 0 aliphatic heterocycles. The van der Waals surface area contributed by atoms with Crippen LogP contribution >= 0.6 is 34.2 Å². The van der Waals surface area contributed by atoms with E-state index in [1.54, 1.807) is 0 Å². The SMILES string of the molecule is O=C(NC1CCCC1Cl)c1ccc(F)cc1I. The van der Waals surface area contributed by atoms with E-state index in [4.69, 9.17) is 11.6 Å². The number of carbonyl (C=O) groups is 1. The lowest BCUT2D eigenvalue weighted by molar-refractivity contribution is 0.0937. The highest BCUT2D eigenvalue weighted by Crippen LogP contribution is 2.24. The maximum absolute atomic E-state index is 12.9. The molecule has 0 aromatic heterocycles. The molecule has 17 heavy (non-hydrogen) atoms. The van der Waals surface area contributed by atoms with Gasteiger partial charge >= 0.3 is 0 Å². The highest BCUT2D eigenvalue weighted by molar-refractivity contribution is 14.1. The fraction of sp³-hybridized carbons (Fsp3) is 0.417. The third-order valence-electron chi connectivity index (χ3n) is 2.92. The largest absolute Gasteiger partial charge is 0.348 e. The Morgan fingerprint density at radius 1 is 1.47 bits per heavy atom. The van der Waals surface area contributed by atoms with E-state index in [1.165, 1.54) is 18.2 Å². The number of alkyl halides is 1. The van der Waals surface area contributed by atoms with Crippen LogP contribution in [0.15, 0.2) is 18.2 Å². The number of amides is 1. The number of hydrogen-bond donors (Lipinski definition) is 1. The predicted molar refractivity (Wildman–Crippen MR) is 73.9 cm³/mol. The third kappa shape index (κ3) is 3.10. The lowest BCUT2D eigenvalue weighted by Crippen LogP contribution is -2.38. The van der Waals surface area contributed by atoms with Gasteiger partial charge in [0.1, 0.15) is 5.82 Å². The van der Waals surface area contributed by atoms with E-state index in [9.17, 15) is 9.18 Å². The second-order valence-electron chi connectivity index (χ2n) is 4.15. The van der Waals surface area contributed by atoms with Gasteiger partial charge in [0.25, 0.3) is 5.91 Å². The average molecular weight is 368 g/mol. The summed E-state index contributed by atoms with van der Waals surface area (Å²) in [6.07, 6.45) is 2.89. The van der Waals surface area contributed by atoms with Crippen LogP contribution in [0.4, 0.5) is 4.39 Å². The minimum absolute atomic E-state index is 0.0112. The van der Waals surface area contributed by atoms with Crippen molar-refractivity contribution in [1.82, 2.24) is 5.32 Å². The van der Waals surface area contributed by atoms with Crippen LogP contribution in [-0.2, 0) is 0 Å². The van der Waals surface area contributed by atoms with E-state index in [0.717, 1.165) is 19.3 Å². The molecule has 1 fully saturated rings. The van der Waals surface area contributed by atoms with Crippen molar-refractivity contribution in [2.24, 2.45) is 0 Å². The standard InChI is InChI=1S/C12H12ClFINO/c13-9-2-1-3-11(9)16-12(17)8-5-4-7(14)6-10(8)15/h4-6,9,11H,1-3H2,(H,16,17). The zero-order valence-electron chi connectivity index (χ0n) is 9.05. The molecular weight excluding hydrogens is 355 g/mol. The van der Waals surface area contributed by atoms with Gasteiger partial charge in [0.2, 0.25) is 0 Å². The first-order valence-electron chi connectivity index (χ1n) is 5.48. The summed E-state index contributed by atoms with van der Waals surface area (Å²) in [6, 6.07) is 4.18. The van der Waals surface area contributed by atoms with Gasteiger partial charge in [-0.3, -0.25) is 4.79 Å². The molecule has 0 saturated heterocycles. The molecule has 1 aromatic carbocycles. The van der Waals surface area contributed by atoms with Crippen LogP contribution in [0, 0.1) is 9.39 Å². The summed E-state index contributed by atoms with van der Waals surface area (Å²) in [5, 5.41) is 2.92. The molecule has 2 nitrogen and oxygen atoms in total. The quantitative estimate of drug-likeness (QED) is 0.630. The van der Waals surface area contributed by atoms with E-state index in [2.05, 4.69) is 5.32 Å². The smallest absolute Gasteiger partial charge is 0.252 e. The fourth-order valence-corrected chi connectivity index (χ4v) is 3.06. The first-order valence-corrected chi connectivity index (χ1v) is 6.99. The van der Waals surface area contributed by atoms with Crippen LogP contribution in [0.3, 0.4) is 0 Å². The minimum Gasteiger partial charge on any atom is -0.348 e. The number of hydrogen-bond acceptors (Lipinski definition) is 1. The Morgan fingerprint density at radius 3 is 2.82 bits per heavy atom. The molecule has 0 radical (unpaired) electrons. The van der Waals surface area contributed by atoms with E-state index >= 15 is 0 Å². The molecule has 0 spiro atoms. The van der Waals surface area contributed by atoms with Gasteiger partial charge in [0.15, 0.2) is 0 Å². The average Bonchev–Trinajstić information content (AvgIpc) is 2.64. The number of halogens is 3. The summed E-state index contributed by atoms with van der Waals surface area (Å²) in [5.41, 5.74) is 0.503. The van der Waals surface area contributed by atoms with Crippen LogP contribution in [0.25, 0.3) is 0 Å². The van der Waals surface area contributed by atoms with Crippen molar-refractivity contribution in [3.05, 3.63) is 33.1 Å². The Morgan fingerprint density at radius 2 is 2.24 bits per heavy atom. The first-order chi connectivity index (χ1) is 8.08. The molecule has 1 aliphatic carbocycles. The van der Waals surface area contributed by atoms with E-state index in [1.807, 2.05) is 22.6 Å². The van der Waals surface area contributed by atoms with Crippen molar-refractivity contribution >= 4 is 40.1 Å². The van der Waals surface area contributed by atoms with E-state index in [0.29, 0.717) is 9.13 Å². The minimum atomic E-state index is -0.331. The fourth-order valence-electron chi connectivity index (χ4n) is 2.00. The lowest BCUT2D eigenvalue weighted by atomic mass is 10.2. The Labute approximate surface area is 118 Å². The predicted octanol–water partition coefficient (Wildman–Crippen LogP) is 3.32. The van der Waals surface area contributed by atoms with Crippen LogP contribution in [0.2, 0.25) is 0 Å². The highest BCUT2D eigenvalue weighted by atomic mass is 127. The normalized spacial score (nSPS) is 23.7. The molecule has 2 atom stereocenters. The van der Waals surface area contributed by atoms with Gasteiger partial charge in [0, 0.05) is 9.61 Å². The van der Waals surface area contributed by atoms with Crippen molar-refractivity contribution in [1.29, 1.82) is 0 Å². The van der Waals surface area contributed by atoms with Gasteiger partial charge in [-0.05, 0) is 60.1 Å². The van der Waals surface area contributed by atoms with Gasteiger partial charge < -0.3 is 5.32 Å². The number of nitrogens with one attached hydrogen (secondary N) is 1. The summed E-state index contributed by atoms with van der Waals surface area (Å²) < 4.78 is 13.5. The Hall–Kier alpha value is -0.360. The van der Waals surface area contributed by atoms with Crippen LogP contribution in [0.1, 0.15) is 29.6 Å². The zero-order chi connectivity index (χ0) is 12.4. The maximum atomic E-state index is 12.9. The molecule has 1 N–H and O–H groups in total. The molecule has 2 unspecified atom stereocenters. The highest BCUT2D eigenvalue weighted by Gasteiger charge is 2.27. The molecule has 5 heteroatoms. The van der Waals surface area contributed by atoms with Gasteiger partial charge in [0.05, 0.1) is 10.9 Å². The second kappa shape index (κ2) is 5.52. The van der Waals surface area contributed by atoms with Crippen LogP contribution in [0.5, 0.6) is 0 Å². The molecule has 1 aromatic rings. The van der Waals surface area contributed by atoms with E-state index in [-0.39, 0.29) is 23.1 Å². The molecule has 1 saturated carbocycles. The molecule has 2 rings (SSSR count). The number of carbonyl (C=O) groups excluding carboxylic acids is 1. The van der Waals surface area contributed by atoms with E-state index < -0.39 is 0 Å². The summed E-state index contributed by atoms with van der Waals surface area (Å²) in [6.45, 7) is 0. The topological polar surface area (TPSA) is 29.1 Å². The van der Waals surface area contributed by atoms with Gasteiger partial charge in [-0.1, -0.05) is 0 Å².